The molecule has 0 spiro atoms. The van der Waals surface area contributed by atoms with Gasteiger partial charge in [0.2, 0.25) is 0 Å². The number of fused-ring (bicyclic) bond motifs is 1. The summed E-state index contributed by atoms with van der Waals surface area (Å²) < 4.78 is 2.31. The van der Waals surface area contributed by atoms with E-state index in [2.05, 4.69) is 45.0 Å². The summed E-state index contributed by atoms with van der Waals surface area (Å²) in [4.78, 5) is 19.5. The number of hydrogen-bond acceptors (Lipinski definition) is 3. The molecular formula is C23H33N5O. The van der Waals surface area contributed by atoms with Crippen LogP contribution in [0.3, 0.4) is 0 Å². The third kappa shape index (κ3) is 4.81. The first-order valence-electron chi connectivity index (χ1n) is 11.0. The second-order valence-electron chi connectivity index (χ2n) is 8.67. The van der Waals surface area contributed by atoms with E-state index in [-0.39, 0.29) is 6.03 Å². The fourth-order valence-electron chi connectivity index (χ4n) is 4.42. The fourth-order valence-corrected chi connectivity index (χ4v) is 4.42. The molecule has 3 heterocycles. The van der Waals surface area contributed by atoms with Gasteiger partial charge in [-0.3, -0.25) is 4.90 Å². The number of rotatable bonds is 5. The van der Waals surface area contributed by atoms with Crippen LogP contribution in [0.5, 0.6) is 0 Å². The first-order chi connectivity index (χ1) is 14.1. The van der Waals surface area contributed by atoms with Crippen molar-refractivity contribution in [1.82, 2.24) is 19.8 Å². The highest BCUT2D eigenvalue weighted by molar-refractivity contribution is 5.90. The predicted octanol–water partition coefficient (Wildman–Crippen LogP) is 4.13. The lowest BCUT2D eigenvalue weighted by Crippen LogP contribution is -2.46. The fraction of sp³-hybridized carbons (Fsp3) is 0.565. The minimum Gasteiger partial charge on any atom is -0.336 e. The highest BCUT2D eigenvalue weighted by Gasteiger charge is 2.20. The average Bonchev–Trinajstić information content (AvgIpc) is 3.17. The Bertz CT molecular complexity index is 838. The maximum Gasteiger partial charge on any atom is 0.319 e. The molecule has 6 nitrogen and oxygen atoms in total. The Kier molecular flexibility index (Phi) is 6.19. The summed E-state index contributed by atoms with van der Waals surface area (Å²) >= 11 is 0. The van der Waals surface area contributed by atoms with E-state index in [9.17, 15) is 4.79 Å². The van der Waals surface area contributed by atoms with E-state index in [1.54, 1.807) is 0 Å². The molecule has 0 aliphatic carbocycles. The van der Waals surface area contributed by atoms with Crippen molar-refractivity contribution in [1.29, 1.82) is 0 Å². The van der Waals surface area contributed by atoms with Gasteiger partial charge in [-0.15, -0.1) is 0 Å². The molecule has 2 amide bonds. The number of hydrogen-bond donors (Lipinski definition) is 2. The van der Waals surface area contributed by atoms with Crippen LogP contribution in [0.2, 0.25) is 0 Å². The Morgan fingerprint density at radius 1 is 1.24 bits per heavy atom. The number of aryl methyl sites for hydroxylation is 1. The number of nitrogens with zero attached hydrogens (tertiary/aromatic N) is 3. The maximum absolute atomic E-state index is 12.4. The Balaban J connectivity index is 1.33. The van der Waals surface area contributed by atoms with Gasteiger partial charge in [0.15, 0.2) is 0 Å². The molecule has 2 aliphatic heterocycles. The Hall–Kier alpha value is -2.34. The van der Waals surface area contributed by atoms with Crippen LogP contribution >= 0.6 is 0 Å². The van der Waals surface area contributed by atoms with Crippen molar-refractivity contribution in [2.45, 2.75) is 58.5 Å². The number of nitrogens with one attached hydrogen (secondary N) is 2. The van der Waals surface area contributed by atoms with Gasteiger partial charge in [0, 0.05) is 42.3 Å². The number of urea groups is 1. The summed E-state index contributed by atoms with van der Waals surface area (Å²) in [5, 5.41) is 6.02. The van der Waals surface area contributed by atoms with Crippen LogP contribution in [0.15, 0.2) is 30.5 Å². The minimum atomic E-state index is -0.149. The SMILES string of the molecule is CC1CCN(C(C)CNC(=O)Nc2cccc(-c3ncc4n3CCCC4)c2)CC1. The van der Waals surface area contributed by atoms with E-state index in [1.165, 1.54) is 31.4 Å². The normalized spacial score (nSPS) is 18.8. The molecule has 4 rings (SSSR count). The summed E-state index contributed by atoms with van der Waals surface area (Å²) in [6.07, 6.45) is 8.03. The van der Waals surface area contributed by atoms with Gasteiger partial charge in [0.05, 0.1) is 0 Å². The summed E-state index contributed by atoms with van der Waals surface area (Å²) in [5.74, 6) is 1.82. The molecule has 6 heteroatoms. The first kappa shape index (κ1) is 20.0. The lowest BCUT2D eigenvalue weighted by molar-refractivity contribution is 0.146. The molecule has 29 heavy (non-hydrogen) atoms. The second kappa shape index (κ2) is 8.99. The van der Waals surface area contributed by atoms with Crippen molar-refractivity contribution < 1.29 is 4.79 Å². The second-order valence-corrected chi connectivity index (χ2v) is 8.67. The van der Waals surface area contributed by atoms with Crippen LogP contribution in [-0.4, -0.2) is 46.2 Å². The quantitative estimate of drug-likeness (QED) is 0.800. The van der Waals surface area contributed by atoms with Crippen LogP contribution in [0.4, 0.5) is 10.5 Å². The molecule has 1 unspecified atom stereocenters. The molecule has 0 bridgehead atoms. The minimum absolute atomic E-state index is 0.149. The van der Waals surface area contributed by atoms with Crippen LogP contribution in [-0.2, 0) is 13.0 Å². The van der Waals surface area contributed by atoms with Crippen LogP contribution in [0.1, 0.15) is 45.2 Å². The highest BCUT2D eigenvalue weighted by atomic mass is 16.2. The Labute approximate surface area is 173 Å². The van der Waals surface area contributed by atoms with Crippen LogP contribution in [0.25, 0.3) is 11.4 Å². The summed E-state index contributed by atoms with van der Waals surface area (Å²) in [7, 11) is 0. The van der Waals surface area contributed by atoms with Crippen molar-refractivity contribution in [3.63, 3.8) is 0 Å². The molecule has 1 atom stereocenters. The molecule has 1 aromatic carbocycles. The van der Waals surface area contributed by atoms with Gasteiger partial charge in [-0.05, 0) is 70.2 Å². The lowest BCUT2D eigenvalue weighted by Gasteiger charge is -2.34. The number of imidazole rings is 1. The smallest absolute Gasteiger partial charge is 0.319 e. The Morgan fingerprint density at radius 2 is 2.07 bits per heavy atom. The number of piperidine rings is 1. The highest BCUT2D eigenvalue weighted by Crippen LogP contribution is 2.26. The maximum atomic E-state index is 12.4. The zero-order valence-corrected chi connectivity index (χ0v) is 17.7. The lowest BCUT2D eigenvalue weighted by atomic mass is 9.98. The summed E-state index contributed by atoms with van der Waals surface area (Å²) in [6.45, 7) is 8.45. The number of carbonyl (C=O) groups excluding carboxylic acids is 1. The molecule has 2 N–H and O–H groups in total. The van der Waals surface area contributed by atoms with Crippen molar-refractivity contribution in [3.05, 3.63) is 36.2 Å². The number of amides is 2. The van der Waals surface area contributed by atoms with Crippen molar-refractivity contribution in [2.75, 3.05) is 25.0 Å². The van der Waals surface area contributed by atoms with E-state index in [1.807, 2.05) is 24.4 Å². The third-order valence-electron chi connectivity index (χ3n) is 6.38. The molecule has 1 aromatic heterocycles. The zero-order valence-electron chi connectivity index (χ0n) is 17.7. The van der Waals surface area contributed by atoms with Gasteiger partial charge >= 0.3 is 6.03 Å². The third-order valence-corrected chi connectivity index (χ3v) is 6.38. The number of benzene rings is 1. The summed E-state index contributed by atoms with van der Waals surface area (Å²) in [6, 6.07) is 8.19. The molecular weight excluding hydrogens is 362 g/mol. The monoisotopic (exact) mass is 395 g/mol. The molecule has 2 aromatic rings. The predicted molar refractivity (Wildman–Crippen MR) is 117 cm³/mol. The van der Waals surface area contributed by atoms with Crippen LogP contribution < -0.4 is 10.6 Å². The van der Waals surface area contributed by atoms with Crippen molar-refractivity contribution in [3.8, 4) is 11.4 Å². The van der Waals surface area contributed by atoms with E-state index >= 15 is 0 Å². The van der Waals surface area contributed by atoms with E-state index in [4.69, 9.17) is 0 Å². The zero-order chi connectivity index (χ0) is 20.2. The molecule has 2 aliphatic rings. The number of aromatic nitrogens is 2. The van der Waals surface area contributed by atoms with Crippen molar-refractivity contribution in [2.24, 2.45) is 5.92 Å². The van der Waals surface area contributed by atoms with Gasteiger partial charge in [-0.2, -0.15) is 0 Å². The summed E-state index contributed by atoms with van der Waals surface area (Å²) in [5.41, 5.74) is 3.16. The average molecular weight is 396 g/mol. The first-order valence-corrected chi connectivity index (χ1v) is 11.0. The largest absolute Gasteiger partial charge is 0.336 e. The number of carbonyl (C=O) groups is 1. The van der Waals surface area contributed by atoms with Crippen molar-refractivity contribution >= 4 is 11.7 Å². The molecule has 1 fully saturated rings. The molecule has 0 radical (unpaired) electrons. The molecule has 156 valence electrons. The topological polar surface area (TPSA) is 62.2 Å². The van der Waals surface area contributed by atoms with Crippen LogP contribution in [0, 0.1) is 5.92 Å². The van der Waals surface area contributed by atoms with E-state index in [0.29, 0.717) is 12.6 Å². The van der Waals surface area contributed by atoms with Gasteiger partial charge in [-0.25, -0.2) is 9.78 Å². The number of anilines is 1. The van der Waals surface area contributed by atoms with Gasteiger partial charge in [-0.1, -0.05) is 19.1 Å². The molecule has 0 saturated carbocycles. The molecule has 1 saturated heterocycles. The van der Waals surface area contributed by atoms with Gasteiger partial charge < -0.3 is 15.2 Å². The number of likely N-dealkylation sites (tertiary alicyclic amines) is 1. The van der Waals surface area contributed by atoms with E-state index in [0.717, 1.165) is 49.0 Å². The van der Waals surface area contributed by atoms with Gasteiger partial charge in [0.25, 0.3) is 0 Å². The van der Waals surface area contributed by atoms with Gasteiger partial charge in [0.1, 0.15) is 5.82 Å². The Morgan fingerprint density at radius 3 is 2.90 bits per heavy atom. The standard InChI is InChI=1S/C23H33N5O/c1-17-9-12-27(13-10-17)18(2)15-25-23(29)26-20-7-5-6-19(14-20)22-24-16-21-8-3-4-11-28(21)22/h5-7,14,16-18H,3-4,8-13,15H2,1-2H3,(H2,25,26,29). The van der Waals surface area contributed by atoms with E-state index < -0.39 is 0 Å².